The number of hydrogen-bond acceptors (Lipinski definition) is 4. The fraction of sp³-hybridized carbons (Fsp3) is 0.500. The van der Waals surface area contributed by atoms with Crippen LogP contribution in [0.5, 0.6) is 11.5 Å². The lowest BCUT2D eigenvalue weighted by molar-refractivity contribution is 0.179. The van der Waals surface area contributed by atoms with Crippen LogP contribution < -0.4 is 20.5 Å². The van der Waals surface area contributed by atoms with Crippen LogP contribution in [-0.2, 0) is 11.2 Å². The number of aromatic nitrogens is 1. The number of aryl methyl sites for hydroxylation is 1. The van der Waals surface area contributed by atoms with E-state index in [0.29, 0.717) is 19.1 Å². The van der Waals surface area contributed by atoms with Gasteiger partial charge in [-0.15, -0.1) is 24.0 Å². The molecule has 0 aliphatic heterocycles. The van der Waals surface area contributed by atoms with Crippen LogP contribution in [0.15, 0.2) is 23.2 Å². The first-order valence-electron chi connectivity index (χ1n) is 8.36. The van der Waals surface area contributed by atoms with Crippen molar-refractivity contribution < 1.29 is 14.2 Å². The van der Waals surface area contributed by atoms with E-state index in [2.05, 4.69) is 21.4 Å². The fourth-order valence-corrected chi connectivity index (χ4v) is 2.72. The van der Waals surface area contributed by atoms with Gasteiger partial charge in [0.2, 0.25) is 0 Å². The monoisotopic (exact) mass is 476 g/mol. The molecule has 1 heterocycles. The number of fused-ring (bicyclic) bond motifs is 1. The second kappa shape index (κ2) is 11.1. The Labute approximate surface area is 171 Å². The lowest BCUT2D eigenvalue weighted by Crippen LogP contribution is -2.40. The zero-order valence-electron chi connectivity index (χ0n) is 15.8. The van der Waals surface area contributed by atoms with Crippen LogP contribution >= 0.6 is 24.0 Å². The predicted octanol–water partition coefficient (Wildman–Crippen LogP) is 2.67. The highest BCUT2D eigenvalue weighted by molar-refractivity contribution is 14.0. The standard InChI is InChI=1S/C18H28N4O3.HI/c1-12(11-23-2)21-18(19)20-7-5-6-13-8-15-16(22-13)9-14(24-3)10-17(15)25-4;/h8-10,12,22H,5-7,11H2,1-4H3,(H3,19,20,21);1H. The van der Waals surface area contributed by atoms with Crippen LogP contribution in [-0.4, -0.2) is 51.5 Å². The van der Waals surface area contributed by atoms with Gasteiger partial charge in [-0.05, 0) is 25.8 Å². The number of halogens is 1. The SMILES string of the molecule is COCC(C)NC(N)=NCCCc1cc2c(OC)cc(OC)cc2[nH]1.I. The molecule has 1 atom stereocenters. The van der Waals surface area contributed by atoms with E-state index in [4.69, 9.17) is 19.9 Å². The summed E-state index contributed by atoms with van der Waals surface area (Å²) in [5.41, 5.74) is 8.00. The highest BCUT2D eigenvalue weighted by atomic mass is 127. The van der Waals surface area contributed by atoms with Crippen LogP contribution in [0.4, 0.5) is 0 Å². The van der Waals surface area contributed by atoms with Crippen molar-refractivity contribution in [3.63, 3.8) is 0 Å². The van der Waals surface area contributed by atoms with Crippen molar-refractivity contribution in [3.05, 3.63) is 23.9 Å². The van der Waals surface area contributed by atoms with Crippen molar-refractivity contribution in [2.24, 2.45) is 10.7 Å². The Morgan fingerprint density at radius 3 is 2.65 bits per heavy atom. The highest BCUT2D eigenvalue weighted by Gasteiger charge is 2.09. The van der Waals surface area contributed by atoms with E-state index in [9.17, 15) is 0 Å². The number of nitrogens with two attached hydrogens (primary N) is 1. The molecule has 0 bridgehead atoms. The zero-order valence-corrected chi connectivity index (χ0v) is 18.1. The summed E-state index contributed by atoms with van der Waals surface area (Å²) in [7, 11) is 4.97. The first-order valence-corrected chi connectivity index (χ1v) is 8.36. The zero-order chi connectivity index (χ0) is 18.2. The summed E-state index contributed by atoms with van der Waals surface area (Å²) in [6.07, 6.45) is 1.78. The summed E-state index contributed by atoms with van der Waals surface area (Å²) in [4.78, 5) is 7.76. The molecule has 0 amide bonds. The molecular weight excluding hydrogens is 447 g/mol. The number of ether oxygens (including phenoxy) is 3. The third-order valence-electron chi connectivity index (χ3n) is 3.88. The van der Waals surface area contributed by atoms with Crippen molar-refractivity contribution in [3.8, 4) is 11.5 Å². The van der Waals surface area contributed by atoms with Crippen LogP contribution in [0.3, 0.4) is 0 Å². The Hall–Kier alpha value is -1.68. The van der Waals surface area contributed by atoms with Crippen LogP contribution in [0, 0.1) is 0 Å². The summed E-state index contributed by atoms with van der Waals surface area (Å²) >= 11 is 0. The summed E-state index contributed by atoms with van der Waals surface area (Å²) in [5, 5.41) is 4.15. The maximum absolute atomic E-state index is 5.86. The van der Waals surface area contributed by atoms with E-state index in [1.807, 2.05) is 19.1 Å². The number of benzene rings is 1. The molecule has 146 valence electrons. The van der Waals surface area contributed by atoms with Gasteiger partial charge in [-0.1, -0.05) is 0 Å². The number of methoxy groups -OCH3 is 3. The van der Waals surface area contributed by atoms with E-state index in [1.165, 1.54) is 0 Å². The third kappa shape index (κ3) is 6.24. The summed E-state index contributed by atoms with van der Waals surface area (Å²) < 4.78 is 15.8. The number of nitrogens with one attached hydrogen (secondary N) is 2. The average molecular weight is 476 g/mol. The van der Waals surface area contributed by atoms with Gasteiger partial charge in [0, 0.05) is 42.9 Å². The molecule has 2 aromatic rings. The molecule has 0 saturated carbocycles. The highest BCUT2D eigenvalue weighted by Crippen LogP contribution is 2.31. The molecule has 1 aromatic heterocycles. The lowest BCUT2D eigenvalue weighted by Gasteiger charge is -2.12. The molecule has 2 rings (SSSR count). The van der Waals surface area contributed by atoms with Gasteiger partial charge in [0.25, 0.3) is 0 Å². The van der Waals surface area contributed by atoms with Gasteiger partial charge in [0.15, 0.2) is 5.96 Å². The fourth-order valence-electron chi connectivity index (χ4n) is 2.72. The van der Waals surface area contributed by atoms with Gasteiger partial charge in [0.05, 0.1) is 26.3 Å². The third-order valence-corrected chi connectivity index (χ3v) is 3.88. The minimum absolute atomic E-state index is 0. The number of rotatable bonds is 9. The van der Waals surface area contributed by atoms with E-state index < -0.39 is 0 Å². The molecule has 0 aliphatic rings. The Balaban J connectivity index is 0.00000338. The number of hydrogen-bond donors (Lipinski definition) is 3. The quantitative estimate of drug-likeness (QED) is 0.224. The van der Waals surface area contributed by atoms with Crippen molar-refractivity contribution in [2.45, 2.75) is 25.8 Å². The Morgan fingerprint density at radius 1 is 1.23 bits per heavy atom. The minimum atomic E-state index is 0. The molecule has 0 aliphatic carbocycles. The molecular formula is C18H29IN4O3. The van der Waals surface area contributed by atoms with Crippen molar-refractivity contribution in [2.75, 3.05) is 34.5 Å². The molecule has 0 radical (unpaired) electrons. The normalized spacial score (nSPS) is 12.5. The summed E-state index contributed by atoms with van der Waals surface area (Å²) in [6.45, 7) is 3.25. The Kier molecular flexibility index (Phi) is 9.57. The molecule has 0 saturated heterocycles. The number of aliphatic imine (C=N–C) groups is 1. The maximum atomic E-state index is 5.86. The van der Waals surface area contributed by atoms with Gasteiger partial charge < -0.3 is 30.2 Å². The maximum Gasteiger partial charge on any atom is 0.188 e. The van der Waals surface area contributed by atoms with E-state index in [0.717, 1.165) is 40.9 Å². The van der Waals surface area contributed by atoms with Crippen molar-refractivity contribution in [1.82, 2.24) is 10.3 Å². The first-order chi connectivity index (χ1) is 12.1. The van der Waals surface area contributed by atoms with Gasteiger partial charge >= 0.3 is 0 Å². The molecule has 0 spiro atoms. The van der Waals surface area contributed by atoms with Gasteiger partial charge in [-0.2, -0.15) is 0 Å². The molecule has 0 fully saturated rings. The minimum Gasteiger partial charge on any atom is -0.497 e. The average Bonchev–Trinajstić information content (AvgIpc) is 3.00. The smallest absolute Gasteiger partial charge is 0.188 e. The number of aromatic amines is 1. The topological polar surface area (TPSA) is 93.9 Å². The predicted molar refractivity (Wildman–Crippen MR) is 116 cm³/mol. The van der Waals surface area contributed by atoms with Gasteiger partial charge in [0.1, 0.15) is 11.5 Å². The van der Waals surface area contributed by atoms with Crippen molar-refractivity contribution >= 4 is 40.8 Å². The van der Waals surface area contributed by atoms with Crippen LogP contribution in [0.1, 0.15) is 19.0 Å². The Morgan fingerprint density at radius 2 is 2.00 bits per heavy atom. The molecule has 26 heavy (non-hydrogen) atoms. The van der Waals surface area contributed by atoms with Gasteiger partial charge in [-0.3, -0.25) is 4.99 Å². The van der Waals surface area contributed by atoms with Gasteiger partial charge in [-0.25, -0.2) is 0 Å². The van der Waals surface area contributed by atoms with E-state index in [-0.39, 0.29) is 30.0 Å². The van der Waals surface area contributed by atoms with Crippen molar-refractivity contribution in [1.29, 1.82) is 0 Å². The summed E-state index contributed by atoms with van der Waals surface area (Å²) in [5.74, 6) is 2.02. The number of nitrogens with zero attached hydrogens (tertiary/aromatic N) is 1. The molecule has 1 aromatic carbocycles. The first kappa shape index (κ1) is 22.4. The Bertz CT molecular complexity index is 718. The number of guanidine groups is 1. The summed E-state index contributed by atoms with van der Waals surface area (Å²) in [6, 6.07) is 6.11. The molecule has 1 unspecified atom stereocenters. The molecule has 7 nitrogen and oxygen atoms in total. The lowest BCUT2D eigenvalue weighted by atomic mass is 10.2. The van der Waals surface area contributed by atoms with E-state index >= 15 is 0 Å². The largest absolute Gasteiger partial charge is 0.497 e. The second-order valence-corrected chi connectivity index (χ2v) is 5.96. The number of H-pyrrole nitrogens is 1. The second-order valence-electron chi connectivity index (χ2n) is 5.96. The van der Waals surface area contributed by atoms with Crippen LogP contribution in [0.25, 0.3) is 10.9 Å². The van der Waals surface area contributed by atoms with Crippen LogP contribution in [0.2, 0.25) is 0 Å². The molecule has 4 N–H and O–H groups in total. The van der Waals surface area contributed by atoms with E-state index in [1.54, 1.807) is 21.3 Å². The molecule has 8 heteroatoms.